The van der Waals surface area contributed by atoms with Crippen LogP contribution in [0.1, 0.15) is 17.0 Å². The van der Waals surface area contributed by atoms with Crippen LogP contribution in [-0.4, -0.2) is 9.97 Å². The molecule has 0 aliphatic heterocycles. The van der Waals surface area contributed by atoms with Gasteiger partial charge in [-0.1, -0.05) is 0 Å². The van der Waals surface area contributed by atoms with Crippen molar-refractivity contribution in [1.82, 2.24) is 9.97 Å². The normalized spacial score (nSPS) is 10.3. The zero-order chi connectivity index (χ0) is 12.4. The summed E-state index contributed by atoms with van der Waals surface area (Å²) >= 11 is 0. The molecule has 3 N–H and O–H groups in total. The molecule has 0 spiro atoms. The van der Waals surface area contributed by atoms with Crippen LogP contribution in [0.5, 0.6) is 0 Å². The van der Waals surface area contributed by atoms with Crippen molar-refractivity contribution in [2.75, 3.05) is 11.1 Å². The third-order valence-electron chi connectivity index (χ3n) is 2.69. The third-order valence-corrected chi connectivity index (χ3v) is 2.69. The van der Waals surface area contributed by atoms with Gasteiger partial charge in [-0.05, 0) is 44.5 Å². The largest absolute Gasteiger partial charge is 0.396 e. The van der Waals surface area contributed by atoms with E-state index in [0.717, 1.165) is 22.6 Å². The monoisotopic (exact) mass is 228 g/mol. The van der Waals surface area contributed by atoms with Crippen LogP contribution in [-0.2, 0) is 0 Å². The molecule has 2 rings (SSSR count). The molecule has 2 heterocycles. The molecule has 0 bridgehead atoms. The minimum absolute atomic E-state index is 0.674. The van der Waals surface area contributed by atoms with Gasteiger partial charge < -0.3 is 11.1 Å². The van der Waals surface area contributed by atoms with E-state index in [1.165, 1.54) is 0 Å². The SMILES string of the molecule is Cc1ccc(Nc2nccc(C)c2N)c(C)n1. The van der Waals surface area contributed by atoms with E-state index < -0.39 is 0 Å². The summed E-state index contributed by atoms with van der Waals surface area (Å²) in [6, 6.07) is 5.84. The molecule has 0 unspecified atom stereocenters. The molecule has 0 aromatic carbocycles. The Hall–Kier alpha value is -2.10. The van der Waals surface area contributed by atoms with Crippen LogP contribution in [0.15, 0.2) is 24.4 Å². The predicted octanol–water partition coefficient (Wildman–Crippen LogP) is 2.73. The Bertz CT molecular complexity index is 549. The van der Waals surface area contributed by atoms with E-state index in [2.05, 4.69) is 15.3 Å². The molecule has 4 nitrogen and oxygen atoms in total. The van der Waals surface area contributed by atoms with Crippen molar-refractivity contribution in [2.45, 2.75) is 20.8 Å². The molecule has 0 saturated heterocycles. The number of pyridine rings is 2. The van der Waals surface area contributed by atoms with Gasteiger partial charge >= 0.3 is 0 Å². The maximum Gasteiger partial charge on any atom is 0.153 e. The molecular weight excluding hydrogens is 212 g/mol. The molecule has 0 atom stereocenters. The lowest BCUT2D eigenvalue weighted by atomic mass is 10.2. The van der Waals surface area contributed by atoms with Crippen molar-refractivity contribution in [3.8, 4) is 0 Å². The molecular formula is C13H16N4. The van der Waals surface area contributed by atoms with Gasteiger partial charge in [0, 0.05) is 11.9 Å². The van der Waals surface area contributed by atoms with E-state index in [9.17, 15) is 0 Å². The minimum atomic E-state index is 0.674. The number of nitrogens with one attached hydrogen (secondary N) is 1. The Morgan fingerprint density at radius 2 is 1.88 bits per heavy atom. The fourth-order valence-electron chi connectivity index (χ4n) is 1.62. The van der Waals surface area contributed by atoms with Gasteiger partial charge in [0.2, 0.25) is 0 Å². The highest BCUT2D eigenvalue weighted by Gasteiger charge is 2.05. The van der Waals surface area contributed by atoms with Gasteiger partial charge in [-0.15, -0.1) is 0 Å². The van der Waals surface area contributed by atoms with Gasteiger partial charge in [-0.25, -0.2) is 4.98 Å². The van der Waals surface area contributed by atoms with Gasteiger partial charge in [-0.2, -0.15) is 0 Å². The van der Waals surface area contributed by atoms with Crippen LogP contribution < -0.4 is 11.1 Å². The van der Waals surface area contributed by atoms with Crippen molar-refractivity contribution in [1.29, 1.82) is 0 Å². The molecule has 2 aromatic heterocycles. The molecule has 0 aliphatic carbocycles. The van der Waals surface area contributed by atoms with E-state index in [0.29, 0.717) is 11.5 Å². The van der Waals surface area contributed by atoms with Crippen LogP contribution in [0.2, 0.25) is 0 Å². The highest BCUT2D eigenvalue weighted by molar-refractivity contribution is 5.71. The fraction of sp³-hybridized carbons (Fsp3) is 0.231. The van der Waals surface area contributed by atoms with Crippen molar-refractivity contribution < 1.29 is 0 Å². The van der Waals surface area contributed by atoms with Crippen LogP contribution in [0.4, 0.5) is 17.2 Å². The Kier molecular flexibility index (Phi) is 2.95. The molecule has 88 valence electrons. The van der Waals surface area contributed by atoms with Crippen LogP contribution in [0, 0.1) is 20.8 Å². The van der Waals surface area contributed by atoms with Crippen molar-refractivity contribution in [3.05, 3.63) is 41.3 Å². The number of aryl methyl sites for hydroxylation is 3. The number of rotatable bonds is 2. The van der Waals surface area contributed by atoms with Crippen molar-refractivity contribution >= 4 is 17.2 Å². The molecule has 0 fully saturated rings. The first-order valence-electron chi connectivity index (χ1n) is 5.50. The first kappa shape index (κ1) is 11.4. The minimum Gasteiger partial charge on any atom is -0.396 e. The van der Waals surface area contributed by atoms with E-state index in [1.54, 1.807) is 6.20 Å². The highest BCUT2D eigenvalue weighted by atomic mass is 15.0. The van der Waals surface area contributed by atoms with Crippen molar-refractivity contribution in [3.63, 3.8) is 0 Å². The Morgan fingerprint density at radius 3 is 2.59 bits per heavy atom. The summed E-state index contributed by atoms with van der Waals surface area (Å²) in [5, 5.41) is 3.21. The second-order valence-corrected chi connectivity index (χ2v) is 4.10. The Balaban J connectivity index is 2.35. The molecule has 0 aliphatic rings. The lowest BCUT2D eigenvalue weighted by Gasteiger charge is -2.11. The standard InChI is InChI=1S/C13H16N4/c1-8-6-7-15-13(12(8)14)17-11-5-4-9(2)16-10(11)3/h4-7H,14H2,1-3H3,(H,15,17). The average Bonchev–Trinajstić information content (AvgIpc) is 2.28. The number of hydrogen-bond donors (Lipinski definition) is 2. The Labute approximate surface area is 101 Å². The maximum absolute atomic E-state index is 5.96. The van der Waals surface area contributed by atoms with Gasteiger partial charge in [-0.3, -0.25) is 4.98 Å². The van der Waals surface area contributed by atoms with Gasteiger partial charge in [0.1, 0.15) is 0 Å². The number of nitrogen functional groups attached to an aromatic ring is 1. The molecule has 2 aromatic rings. The lowest BCUT2D eigenvalue weighted by Crippen LogP contribution is -2.03. The third kappa shape index (κ3) is 2.36. The van der Waals surface area contributed by atoms with E-state index in [4.69, 9.17) is 5.73 Å². The number of hydrogen-bond acceptors (Lipinski definition) is 4. The van der Waals surface area contributed by atoms with Gasteiger partial charge in [0.15, 0.2) is 5.82 Å². The van der Waals surface area contributed by atoms with Gasteiger partial charge in [0.25, 0.3) is 0 Å². The van der Waals surface area contributed by atoms with Crippen LogP contribution in [0.3, 0.4) is 0 Å². The summed E-state index contributed by atoms with van der Waals surface area (Å²) in [5.41, 5.74) is 10.5. The van der Waals surface area contributed by atoms with Gasteiger partial charge in [0.05, 0.1) is 17.1 Å². The fourth-order valence-corrected chi connectivity index (χ4v) is 1.62. The summed E-state index contributed by atoms with van der Waals surface area (Å²) in [5.74, 6) is 0.679. The first-order chi connectivity index (χ1) is 8.08. The van der Waals surface area contributed by atoms with Crippen LogP contribution >= 0.6 is 0 Å². The Morgan fingerprint density at radius 1 is 1.12 bits per heavy atom. The molecule has 17 heavy (non-hydrogen) atoms. The van der Waals surface area contributed by atoms with Crippen molar-refractivity contribution in [2.24, 2.45) is 0 Å². The lowest BCUT2D eigenvalue weighted by molar-refractivity contribution is 1.12. The summed E-state index contributed by atoms with van der Waals surface area (Å²) in [6.07, 6.45) is 1.74. The number of anilines is 3. The van der Waals surface area contributed by atoms with E-state index in [1.807, 2.05) is 39.0 Å². The highest BCUT2D eigenvalue weighted by Crippen LogP contribution is 2.24. The number of aromatic nitrogens is 2. The first-order valence-corrected chi connectivity index (χ1v) is 5.50. The summed E-state index contributed by atoms with van der Waals surface area (Å²) in [7, 11) is 0. The number of nitrogens with zero attached hydrogens (tertiary/aromatic N) is 2. The summed E-state index contributed by atoms with van der Waals surface area (Å²) < 4.78 is 0. The van der Waals surface area contributed by atoms with E-state index in [-0.39, 0.29) is 0 Å². The summed E-state index contributed by atoms with van der Waals surface area (Å²) in [6.45, 7) is 5.89. The predicted molar refractivity (Wildman–Crippen MR) is 70.4 cm³/mol. The summed E-state index contributed by atoms with van der Waals surface area (Å²) in [4.78, 5) is 8.62. The number of nitrogens with two attached hydrogens (primary N) is 1. The smallest absolute Gasteiger partial charge is 0.153 e. The zero-order valence-corrected chi connectivity index (χ0v) is 10.3. The topological polar surface area (TPSA) is 63.8 Å². The molecule has 0 radical (unpaired) electrons. The second kappa shape index (κ2) is 4.41. The molecule has 0 saturated carbocycles. The van der Waals surface area contributed by atoms with Crippen LogP contribution in [0.25, 0.3) is 0 Å². The second-order valence-electron chi connectivity index (χ2n) is 4.10. The maximum atomic E-state index is 5.96. The molecule has 4 heteroatoms. The quantitative estimate of drug-likeness (QED) is 0.829. The van der Waals surface area contributed by atoms with E-state index >= 15 is 0 Å². The zero-order valence-electron chi connectivity index (χ0n) is 10.3. The molecule has 0 amide bonds. The average molecular weight is 228 g/mol.